The van der Waals surface area contributed by atoms with Crippen molar-refractivity contribution in [2.75, 3.05) is 63.6 Å². The summed E-state index contributed by atoms with van der Waals surface area (Å²) in [6.07, 6.45) is 0. The van der Waals surface area contributed by atoms with Crippen molar-refractivity contribution in [1.82, 2.24) is 4.90 Å². The highest BCUT2D eigenvalue weighted by Gasteiger charge is 2.25. The monoisotopic (exact) mass is 411 g/mol. The Labute approximate surface area is 178 Å². The van der Waals surface area contributed by atoms with E-state index in [0.717, 1.165) is 40.7 Å². The summed E-state index contributed by atoms with van der Waals surface area (Å²) in [5.74, 6) is 0.835. The van der Waals surface area contributed by atoms with Crippen LogP contribution in [0.2, 0.25) is 0 Å². The summed E-state index contributed by atoms with van der Waals surface area (Å²) in [6, 6.07) is 15.6. The number of anilines is 2. The molecule has 160 valence electrons. The summed E-state index contributed by atoms with van der Waals surface area (Å²) in [7, 11) is 3.55. The Hall–Kier alpha value is -3.06. The lowest BCUT2D eigenvalue weighted by atomic mass is 10.2. The molecule has 1 aliphatic heterocycles. The van der Waals surface area contributed by atoms with Gasteiger partial charge in [0, 0.05) is 31.9 Å². The van der Waals surface area contributed by atoms with Gasteiger partial charge in [0.25, 0.3) is 11.8 Å². The zero-order valence-corrected chi connectivity index (χ0v) is 18.0. The fraction of sp³-hybridized carbons (Fsp3) is 0.391. The molecule has 2 aromatic carbocycles. The third-order valence-electron chi connectivity index (χ3n) is 5.31. The number of methoxy groups -OCH3 is 1. The van der Waals surface area contributed by atoms with Crippen molar-refractivity contribution in [2.45, 2.75) is 6.92 Å². The van der Waals surface area contributed by atoms with Crippen molar-refractivity contribution in [3.8, 4) is 5.75 Å². The SMILES string of the molecule is COc1ccccc1N1CCN(C(=O)C[NH+](C)CC(=O)Nc2ccc(C)cc2)CC1. The third kappa shape index (κ3) is 5.73. The summed E-state index contributed by atoms with van der Waals surface area (Å²) in [5, 5.41) is 2.88. The van der Waals surface area contributed by atoms with Gasteiger partial charge in [-0.05, 0) is 31.2 Å². The normalized spacial score (nSPS) is 14.9. The first-order chi connectivity index (χ1) is 14.5. The van der Waals surface area contributed by atoms with Crippen LogP contribution in [-0.2, 0) is 9.59 Å². The zero-order chi connectivity index (χ0) is 21.5. The molecule has 1 aliphatic rings. The fourth-order valence-corrected chi connectivity index (χ4v) is 3.64. The van der Waals surface area contributed by atoms with E-state index in [1.54, 1.807) is 7.11 Å². The lowest BCUT2D eigenvalue weighted by Gasteiger charge is -2.36. The molecule has 7 nitrogen and oxygen atoms in total. The Bertz CT molecular complexity index is 861. The smallest absolute Gasteiger partial charge is 0.279 e. The molecule has 30 heavy (non-hydrogen) atoms. The van der Waals surface area contributed by atoms with Crippen molar-refractivity contribution in [3.63, 3.8) is 0 Å². The molecule has 0 aliphatic carbocycles. The number of likely N-dealkylation sites (N-methyl/N-ethyl adjacent to an activating group) is 1. The quantitative estimate of drug-likeness (QED) is 0.708. The summed E-state index contributed by atoms with van der Waals surface area (Å²) < 4.78 is 5.45. The largest absolute Gasteiger partial charge is 0.495 e. The van der Waals surface area contributed by atoms with Gasteiger partial charge in [-0.2, -0.15) is 0 Å². The standard InChI is InChI=1S/C23H30N4O3/c1-18-8-10-19(11-9-18)24-22(28)16-25(2)17-23(29)27-14-12-26(13-15-27)20-6-4-5-7-21(20)30-3/h4-11H,12-17H2,1-3H3,(H,24,28)/p+1. The van der Waals surface area contributed by atoms with Crippen molar-refractivity contribution in [2.24, 2.45) is 0 Å². The molecule has 1 atom stereocenters. The number of aryl methyl sites for hydroxylation is 1. The van der Waals surface area contributed by atoms with E-state index in [9.17, 15) is 9.59 Å². The van der Waals surface area contributed by atoms with E-state index in [1.165, 1.54) is 0 Å². The van der Waals surface area contributed by atoms with E-state index in [-0.39, 0.29) is 18.4 Å². The van der Waals surface area contributed by atoms with Crippen LogP contribution in [-0.4, -0.2) is 70.1 Å². The van der Waals surface area contributed by atoms with Crippen LogP contribution in [0.25, 0.3) is 0 Å². The van der Waals surface area contributed by atoms with Crippen LogP contribution in [0.4, 0.5) is 11.4 Å². The van der Waals surface area contributed by atoms with Gasteiger partial charge >= 0.3 is 0 Å². The van der Waals surface area contributed by atoms with Gasteiger partial charge in [0.1, 0.15) is 5.75 Å². The number of quaternary nitrogens is 1. The van der Waals surface area contributed by atoms with Crippen LogP contribution >= 0.6 is 0 Å². The number of para-hydroxylation sites is 2. The minimum atomic E-state index is -0.0925. The summed E-state index contributed by atoms with van der Waals surface area (Å²) in [5.41, 5.74) is 2.98. The van der Waals surface area contributed by atoms with Gasteiger partial charge in [0.05, 0.1) is 19.8 Å². The minimum absolute atomic E-state index is 0.0790. The number of hydrogen-bond acceptors (Lipinski definition) is 4. The van der Waals surface area contributed by atoms with Crippen molar-refractivity contribution in [3.05, 3.63) is 54.1 Å². The number of nitrogens with zero attached hydrogens (tertiary/aromatic N) is 2. The summed E-state index contributed by atoms with van der Waals surface area (Å²) in [4.78, 5) is 29.9. The van der Waals surface area contributed by atoms with E-state index < -0.39 is 0 Å². The number of ether oxygens (including phenoxy) is 1. The molecule has 1 heterocycles. The molecular weight excluding hydrogens is 380 g/mol. The van der Waals surface area contributed by atoms with E-state index in [0.29, 0.717) is 19.6 Å². The molecule has 0 aromatic heterocycles. The van der Waals surface area contributed by atoms with E-state index in [1.807, 2.05) is 67.4 Å². The van der Waals surface area contributed by atoms with E-state index >= 15 is 0 Å². The summed E-state index contributed by atoms with van der Waals surface area (Å²) >= 11 is 0. The minimum Gasteiger partial charge on any atom is -0.495 e. The molecule has 2 amide bonds. The highest BCUT2D eigenvalue weighted by Crippen LogP contribution is 2.28. The van der Waals surface area contributed by atoms with Gasteiger partial charge in [-0.3, -0.25) is 9.59 Å². The van der Waals surface area contributed by atoms with Crippen molar-refractivity contribution >= 4 is 23.2 Å². The fourth-order valence-electron chi connectivity index (χ4n) is 3.64. The lowest BCUT2D eigenvalue weighted by molar-refractivity contribution is -0.862. The van der Waals surface area contributed by atoms with Gasteiger partial charge in [-0.15, -0.1) is 0 Å². The number of amides is 2. The predicted molar refractivity (Wildman–Crippen MR) is 118 cm³/mol. The maximum Gasteiger partial charge on any atom is 0.279 e. The van der Waals surface area contributed by atoms with E-state index in [4.69, 9.17) is 4.74 Å². The Morgan fingerprint density at radius 2 is 1.67 bits per heavy atom. The molecule has 0 radical (unpaired) electrons. The van der Waals surface area contributed by atoms with Gasteiger partial charge < -0.3 is 24.8 Å². The topological polar surface area (TPSA) is 66.3 Å². The molecule has 1 saturated heterocycles. The Kier molecular flexibility index (Phi) is 7.30. The molecule has 2 N–H and O–H groups in total. The maximum atomic E-state index is 12.7. The maximum absolute atomic E-state index is 12.7. The zero-order valence-electron chi connectivity index (χ0n) is 18.0. The number of piperazine rings is 1. The molecule has 1 fully saturated rings. The van der Waals surface area contributed by atoms with Crippen LogP contribution in [0, 0.1) is 6.92 Å². The second-order valence-corrected chi connectivity index (χ2v) is 7.76. The summed E-state index contributed by atoms with van der Waals surface area (Å²) in [6.45, 7) is 5.42. The highest BCUT2D eigenvalue weighted by atomic mass is 16.5. The Balaban J connectivity index is 1.44. The van der Waals surface area contributed by atoms with Gasteiger partial charge in [0.2, 0.25) is 0 Å². The molecule has 0 bridgehead atoms. The van der Waals surface area contributed by atoms with Crippen molar-refractivity contribution in [1.29, 1.82) is 0 Å². The Morgan fingerprint density at radius 3 is 2.33 bits per heavy atom. The molecule has 3 rings (SSSR count). The molecule has 0 saturated carbocycles. The van der Waals surface area contributed by atoms with Crippen LogP contribution < -0.4 is 19.9 Å². The second-order valence-electron chi connectivity index (χ2n) is 7.76. The number of benzene rings is 2. The molecular formula is C23H31N4O3+. The Morgan fingerprint density at radius 1 is 1.00 bits per heavy atom. The van der Waals surface area contributed by atoms with Gasteiger partial charge in [-0.25, -0.2) is 0 Å². The highest BCUT2D eigenvalue weighted by molar-refractivity contribution is 5.91. The van der Waals surface area contributed by atoms with Crippen LogP contribution in [0.1, 0.15) is 5.56 Å². The second kappa shape index (κ2) is 10.1. The first kappa shape index (κ1) is 21.6. The number of carbonyl (C=O) groups excluding carboxylic acids is 2. The van der Waals surface area contributed by atoms with E-state index in [2.05, 4.69) is 10.2 Å². The van der Waals surface area contributed by atoms with Gasteiger partial charge in [0.15, 0.2) is 13.1 Å². The average Bonchev–Trinajstić information content (AvgIpc) is 2.75. The first-order valence-corrected chi connectivity index (χ1v) is 10.3. The van der Waals surface area contributed by atoms with Gasteiger partial charge in [-0.1, -0.05) is 29.8 Å². The number of nitrogens with one attached hydrogen (secondary N) is 2. The number of carbonyl (C=O) groups is 2. The number of hydrogen-bond donors (Lipinski definition) is 2. The third-order valence-corrected chi connectivity index (χ3v) is 5.31. The lowest BCUT2D eigenvalue weighted by Crippen LogP contribution is -3.11. The first-order valence-electron chi connectivity index (χ1n) is 10.3. The molecule has 0 spiro atoms. The molecule has 7 heteroatoms. The molecule has 2 aromatic rings. The molecule has 1 unspecified atom stereocenters. The number of rotatable bonds is 7. The van der Waals surface area contributed by atoms with Crippen LogP contribution in [0.15, 0.2) is 48.5 Å². The predicted octanol–water partition coefficient (Wildman–Crippen LogP) is 0.806. The van der Waals surface area contributed by atoms with Crippen LogP contribution in [0.3, 0.4) is 0 Å². The average molecular weight is 412 g/mol. The van der Waals surface area contributed by atoms with Crippen LogP contribution in [0.5, 0.6) is 5.75 Å². The van der Waals surface area contributed by atoms with Crippen molar-refractivity contribution < 1.29 is 19.2 Å².